The molecule has 0 saturated heterocycles. The van der Waals surface area contributed by atoms with Gasteiger partial charge in [-0.1, -0.05) is 54.2 Å². The van der Waals surface area contributed by atoms with Crippen molar-refractivity contribution >= 4 is 17.5 Å². The lowest BCUT2D eigenvalue weighted by atomic mass is 10.2. The third-order valence-corrected chi connectivity index (χ3v) is 7.11. The van der Waals surface area contributed by atoms with Crippen LogP contribution in [0, 0.1) is 20.8 Å². The molecule has 0 N–H and O–H groups in total. The van der Waals surface area contributed by atoms with E-state index in [1.165, 1.54) is 17.3 Å². The maximum atomic E-state index is 13.3. The molecular formula is C26H32N6O2S. The molecule has 0 radical (unpaired) electrons. The van der Waals surface area contributed by atoms with E-state index in [2.05, 4.69) is 58.0 Å². The Labute approximate surface area is 210 Å². The van der Waals surface area contributed by atoms with Crippen molar-refractivity contribution in [1.29, 1.82) is 0 Å². The molecule has 0 unspecified atom stereocenters. The van der Waals surface area contributed by atoms with Crippen LogP contribution in [-0.2, 0) is 6.54 Å². The Kier molecular flexibility index (Phi) is 7.57. The molecule has 4 aromatic rings. The molecule has 9 heteroatoms. The van der Waals surface area contributed by atoms with Crippen LogP contribution in [0.3, 0.4) is 0 Å². The number of aryl methyl sites for hydroxylation is 2. The summed E-state index contributed by atoms with van der Waals surface area (Å²) in [7, 11) is 4.11. The van der Waals surface area contributed by atoms with E-state index < -0.39 is 0 Å². The number of hydrogen-bond donors (Lipinski definition) is 0. The predicted octanol–water partition coefficient (Wildman–Crippen LogP) is 5.02. The van der Waals surface area contributed by atoms with Gasteiger partial charge in [-0.25, -0.2) is 0 Å². The summed E-state index contributed by atoms with van der Waals surface area (Å²) in [5.74, 6) is 2.65. The van der Waals surface area contributed by atoms with E-state index in [0.717, 1.165) is 34.5 Å². The van der Waals surface area contributed by atoms with E-state index >= 15 is 0 Å². The average molecular weight is 493 g/mol. The summed E-state index contributed by atoms with van der Waals surface area (Å²) < 4.78 is 9.33. The monoisotopic (exact) mass is 492 g/mol. The molecule has 1 atom stereocenters. The maximum absolute atomic E-state index is 13.3. The zero-order chi connectivity index (χ0) is 25.1. The molecule has 0 aliphatic carbocycles. The third-order valence-electron chi connectivity index (χ3n) is 6.15. The highest BCUT2D eigenvalue weighted by Crippen LogP contribution is 2.28. The molecule has 8 nitrogen and oxygen atoms in total. The first-order valence-electron chi connectivity index (χ1n) is 11.7. The molecule has 4 rings (SSSR count). The summed E-state index contributed by atoms with van der Waals surface area (Å²) in [6, 6.07) is 14.2. The first-order chi connectivity index (χ1) is 16.8. The summed E-state index contributed by atoms with van der Waals surface area (Å²) in [6.45, 7) is 8.56. The zero-order valence-electron chi connectivity index (χ0n) is 21.1. The van der Waals surface area contributed by atoms with E-state index in [9.17, 15) is 4.79 Å². The number of benzene rings is 1. The van der Waals surface area contributed by atoms with Crippen molar-refractivity contribution in [2.24, 2.45) is 0 Å². The van der Waals surface area contributed by atoms with Crippen LogP contribution in [0.4, 0.5) is 0 Å². The molecule has 3 aromatic heterocycles. The average Bonchev–Trinajstić information content (AvgIpc) is 3.51. The van der Waals surface area contributed by atoms with Gasteiger partial charge in [0.2, 0.25) is 0 Å². The Morgan fingerprint density at radius 2 is 1.86 bits per heavy atom. The highest BCUT2D eigenvalue weighted by molar-refractivity contribution is 7.99. The van der Waals surface area contributed by atoms with Crippen molar-refractivity contribution in [2.45, 2.75) is 51.9 Å². The maximum Gasteiger partial charge on any atom is 0.192 e. The number of hydrogen-bond acceptors (Lipinski definition) is 7. The standard InChI is InChI=1S/C26H32N6O2S/c1-7-22(30(5)6)25-27-28-26(31(25)15-20-11-9-8-10-12-20)35-16-23(33)21-13-17(2)32(19(21)4)24-14-18(3)34-29-24/h8-14,22H,7,15-16H2,1-6H3/t22-/m1/s1. The molecule has 0 spiro atoms. The number of carbonyl (C=O) groups excluding carboxylic acids is 1. The minimum absolute atomic E-state index is 0.0463. The van der Waals surface area contributed by atoms with Crippen molar-refractivity contribution in [3.8, 4) is 5.82 Å². The molecule has 184 valence electrons. The van der Waals surface area contributed by atoms with E-state index in [0.29, 0.717) is 17.9 Å². The van der Waals surface area contributed by atoms with Crippen molar-refractivity contribution in [3.05, 3.63) is 76.6 Å². The molecule has 0 aliphatic rings. The molecule has 0 bridgehead atoms. The molecule has 3 heterocycles. The molecule has 0 fully saturated rings. The molecular weight excluding hydrogens is 460 g/mol. The van der Waals surface area contributed by atoms with Crippen LogP contribution in [0.25, 0.3) is 5.82 Å². The number of Topliss-reactive ketones (excluding diaryl/α,β-unsaturated/α-hetero) is 1. The summed E-state index contributed by atoms with van der Waals surface area (Å²) in [4.78, 5) is 15.4. The van der Waals surface area contributed by atoms with Gasteiger partial charge in [0.05, 0.1) is 18.3 Å². The second-order valence-electron chi connectivity index (χ2n) is 8.93. The van der Waals surface area contributed by atoms with Gasteiger partial charge in [-0.05, 0) is 52.9 Å². The van der Waals surface area contributed by atoms with Crippen LogP contribution in [-0.4, -0.2) is 55.0 Å². The minimum atomic E-state index is 0.0463. The van der Waals surface area contributed by atoms with Gasteiger partial charge < -0.3 is 9.09 Å². The van der Waals surface area contributed by atoms with Crippen LogP contribution in [0.5, 0.6) is 0 Å². The largest absolute Gasteiger partial charge is 0.360 e. The molecule has 0 aliphatic heterocycles. The van der Waals surface area contributed by atoms with Crippen LogP contribution in [0.1, 0.15) is 58.3 Å². The summed E-state index contributed by atoms with van der Waals surface area (Å²) in [6.07, 6.45) is 0.914. The first-order valence-corrected chi connectivity index (χ1v) is 12.7. The minimum Gasteiger partial charge on any atom is -0.360 e. The Hall–Kier alpha value is -3.17. The lowest BCUT2D eigenvalue weighted by Crippen LogP contribution is -2.23. The normalized spacial score (nSPS) is 12.4. The lowest BCUT2D eigenvalue weighted by molar-refractivity contribution is 0.102. The van der Waals surface area contributed by atoms with Gasteiger partial charge in [0, 0.05) is 23.0 Å². The van der Waals surface area contributed by atoms with Crippen LogP contribution in [0.2, 0.25) is 0 Å². The topological polar surface area (TPSA) is 82.0 Å². The fourth-order valence-electron chi connectivity index (χ4n) is 4.41. The molecule has 0 saturated carbocycles. The highest BCUT2D eigenvalue weighted by Gasteiger charge is 2.24. The van der Waals surface area contributed by atoms with Crippen molar-refractivity contribution in [3.63, 3.8) is 0 Å². The highest BCUT2D eigenvalue weighted by atomic mass is 32.2. The second kappa shape index (κ2) is 10.6. The van der Waals surface area contributed by atoms with E-state index in [-0.39, 0.29) is 17.6 Å². The first kappa shape index (κ1) is 24.9. The summed E-state index contributed by atoms with van der Waals surface area (Å²) in [5, 5.41) is 13.9. The number of thioether (sulfide) groups is 1. The van der Waals surface area contributed by atoms with Gasteiger partial charge >= 0.3 is 0 Å². The Balaban J connectivity index is 1.59. The molecule has 35 heavy (non-hydrogen) atoms. The number of nitrogens with zero attached hydrogens (tertiary/aromatic N) is 6. The second-order valence-corrected chi connectivity index (χ2v) is 9.87. The fraction of sp³-hybridized carbons (Fsp3) is 0.385. The number of carbonyl (C=O) groups is 1. The van der Waals surface area contributed by atoms with Crippen molar-refractivity contribution < 1.29 is 9.32 Å². The van der Waals surface area contributed by atoms with Crippen LogP contribution >= 0.6 is 11.8 Å². The van der Waals surface area contributed by atoms with E-state index in [1.807, 2.05) is 55.7 Å². The van der Waals surface area contributed by atoms with Gasteiger partial charge in [0.15, 0.2) is 22.6 Å². The zero-order valence-corrected chi connectivity index (χ0v) is 22.0. The van der Waals surface area contributed by atoms with Gasteiger partial charge in [-0.3, -0.25) is 14.3 Å². The summed E-state index contributed by atoms with van der Waals surface area (Å²) >= 11 is 1.43. The SMILES string of the molecule is CC[C@H](c1nnc(SCC(=O)c2cc(C)n(-c3cc(C)on3)c2C)n1Cc1ccccc1)N(C)C. The fourth-order valence-corrected chi connectivity index (χ4v) is 5.24. The van der Waals surface area contributed by atoms with E-state index in [4.69, 9.17) is 4.52 Å². The van der Waals surface area contributed by atoms with Crippen LogP contribution < -0.4 is 0 Å². The summed E-state index contributed by atoms with van der Waals surface area (Å²) in [5.41, 5.74) is 3.65. The quantitative estimate of drug-likeness (QED) is 0.227. The molecule has 1 aromatic carbocycles. The lowest BCUT2D eigenvalue weighted by Gasteiger charge is -2.23. The van der Waals surface area contributed by atoms with Crippen molar-refractivity contribution in [2.75, 3.05) is 19.8 Å². The van der Waals surface area contributed by atoms with Gasteiger partial charge in [-0.2, -0.15) is 0 Å². The van der Waals surface area contributed by atoms with Crippen LogP contribution in [0.15, 0.2) is 52.1 Å². The van der Waals surface area contributed by atoms with E-state index in [1.54, 1.807) is 0 Å². The van der Waals surface area contributed by atoms with Crippen molar-refractivity contribution in [1.82, 2.24) is 29.4 Å². The van der Waals surface area contributed by atoms with Gasteiger partial charge in [-0.15, -0.1) is 10.2 Å². The number of rotatable bonds is 10. The Morgan fingerprint density at radius 1 is 1.11 bits per heavy atom. The van der Waals surface area contributed by atoms with Gasteiger partial charge in [0.25, 0.3) is 0 Å². The number of aromatic nitrogens is 5. The smallest absolute Gasteiger partial charge is 0.192 e. The predicted molar refractivity (Wildman–Crippen MR) is 137 cm³/mol. The third kappa shape index (κ3) is 5.26. The molecule has 0 amide bonds. The Bertz CT molecular complexity index is 1300. The van der Waals surface area contributed by atoms with Gasteiger partial charge in [0.1, 0.15) is 5.76 Å². The number of ketones is 1. The Morgan fingerprint density at radius 3 is 2.49 bits per heavy atom.